The molecule has 0 fully saturated rings. The van der Waals surface area contributed by atoms with E-state index in [9.17, 15) is 0 Å². The van der Waals surface area contributed by atoms with Crippen LogP contribution in [0.25, 0.3) is 0 Å². The minimum Gasteiger partial charge on any atom is -0.337 e. The number of hydrogen-bond donors (Lipinski definition) is 1. The van der Waals surface area contributed by atoms with Gasteiger partial charge in [0.1, 0.15) is 0 Å². The van der Waals surface area contributed by atoms with Crippen molar-refractivity contribution in [3.8, 4) is 0 Å². The minimum absolute atomic E-state index is 0.720. The second-order valence-electron chi connectivity index (χ2n) is 2.97. The van der Waals surface area contributed by atoms with E-state index in [1.165, 1.54) is 4.80 Å². The zero-order valence-corrected chi connectivity index (χ0v) is 10.8. The highest BCUT2D eigenvalue weighted by Gasteiger charge is 2.03. The molecule has 0 aliphatic carbocycles. The lowest BCUT2D eigenvalue weighted by Crippen LogP contribution is -1.96. The number of nitrogens with one attached hydrogen (secondary N) is 1. The van der Waals surface area contributed by atoms with E-state index in [-0.39, 0.29) is 0 Å². The van der Waals surface area contributed by atoms with Crippen molar-refractivity contribution in [3.05, 3.63) is 33.0 Å². The molecular weight excluding hydrogens is 326 g/mol. The van der Waals surface area contributed by atoms with E-state index in [2.05, 4.69) is 38.1 Å². The zero-order valence-electron chi connectivity index (χ0n) is 7.91. The molecule has 1 aromatic carbocycles. The molecule has 2 aromatic rings. The maximum Gasteiger partial charge on any atom is 0.172 e. The Balaban J connectivity index is 2.24. The third kappa shape index (κ3) is 2.60. The van der Waals surface area contributed by atoms with Gasteiger partial charge in [0.15, 0.2) is 5.82 Å². The monoisotopic (exact) mass is 334 g/mol. The van der Waals surface area contributed by atoms with E-state index in [4.69, 9.17) is 11.6 Å². The molecule has 0 spiro atoms. The van der Waals surface area contributed by atoms with Crippen molar-refractivity contribution in [2.24, 2.45) is 7.05 Å². The number of aromatic nitrogens is 3. The quantitative estimate of drug-likeness (QED) is 0.859. The maximum absolute atomic E-state index is 5.86. The molecule has 2 rings (SSSR count). The van der Waals surface area contributed by atoms with E-state index in [0.29, 0.717) is 0 Å². The molecule has 6 heteroatoms. The van der Waals surface area contributed by atoms with Crippen LogP contribution in [0.15, 0.2) is 24.4 Å². The van der Waals surface area contributed by atoms with Crippen LogP contribution >= 0.6 is 34.2 Å². The maximum atomic E-state index is 5.86. The van der Waals surface area contributed by atoms with Crippen molar-refractivity contribution in [1.82, 2.24) is 15.0 Å². The van der Waals surface area contributed by atoms with Crippen molar-refractivity contribution in [2.75, 3.05) is 5.32 Å². The molecule has 0 unspecified atom stereocenters. The standard InChI is InChI=1S/C9H8ClIN4/c1-15-12-5-9(14-15)13-8-3-2-6(10)4-7(8)11/h2-5H,1H3,(H,13,14). The van der Waals surface area contributed by atoms with E-state index in [1.807, 2.05) is 18.2 Å². The molecule has 1 aromatic heterocycles. The van der Waals surface area contributed by atoms with Gasteiger partial charge in [-0.3, -0.25) is 0 Å². The molecular formula is C9H8ClIN4. The summed E-state index contributed by atoms with van der Waals surface area (Å²) in [7, 11) is 1.78. The van der Waals surface area contributed by atoms with Gasteiger partial charge in [-0.1, -0.05) is 11.6 Å². The summed E-state index contributed by atoms with van der Waals surface area (Å²) in [6.07, 6.45) is 1.67. The van der Waals surface area contributed by atoms with Gasteiger partial charge < -0.3 is 5.32 Å². The lowest BCUT2D eigenvalue weighted by Gasteiger charge is -2.05. The van der Waals surface area contributed by atoms with Crippen LogP contribution in [0.4, 0.5) is 11.5 Å². The van der Waals surface area contributed by atoms with Crippen LogP contribution in [0.3, 0.4) is 0 Å². The van der Waals surface area contributed by atoms with Gasteiger partial charge >= 0.3 is 0 Å². The lowest BCUT2D eigenvalue weighted by molar-refractivity contribution is 0.656. The molecule has 0 atom stereocenters. The van der Waals surface area contributed by atoms with Gasteiger partial charge in [0.2, 0.25) is 0 Å². The van der Waals surface area contributed by atoms with Crippen molar-refractivity contribution >= 4 is 45.7 Å². The Hall–Kier alpha value is -0.820. The highest BCUT2D eigenvalue weighted by molar-refractivity contribution is 14.1. The fraction of sp³-hybridized carbons (Fsp3) is 0.111. The Bertz CT molecular complexity index is 483. The predicted molar refractivity (Wildman–Crippen MR) is 68.5 cm³/mol. The first kappa shape index (κ1) is 10.7. The molecule has 0 aliphatic heterocycles. The van der Waals surface area contributed by atoms with Gasteiger partial charge in [0.05, 0.1) is 11.9 Å². The normalized spacial score (nSPS) is 10.3. The third-order valence-corrected chi connectivity index (χ3v) is 2.92. The van der Waals surface area contributed by atoms with Crippen molar-refractivity contribution < 1.29 is 0 Å². The predicted octanol–water partition coefficient (Wildman–Crippen LogP) is 2.82. The van der Waals surface area contributed by atoms with Crippen molar-refractivity contribution in [1.29, 1.82) is 0 Å². The highest BCUT2D eigenvalue weighted by Crippen LogP contribution is 2.24. The van der Waals surface area contributed by atoms with Crippen molar-refractivity contribution in [3.63, 3.8) is 0 Å². The van der Waals surface area contributed by atoms with Crippen LogP contribution in [0.2, 0.25) is 5.02 Å². The Labute approximate surface area is 106 Å². The molecule has 0 bridgehead atoms. The summed E-state index contributed by atoms with van der Waals surface area (Å²) < 4.78 is 1.05. The van der Waals surface area contributed by atoms with Crippen LogP contribution in [-0.2, 0) is 7.05 Å². The first-order chi connectivity index (χ1) is 7.15. The van der Waals surface area contributed by atoms with Gasteiger partial charge in [-0.25, -0.2) is 0 Å². The second kappa shape index (κ2) is 4.36. The molecule has 0 radical (unpaired) electrons. The number of halogens is 2. The fourth-order valence-corrected chi connectivity index (χ4v) is 2.14. The van der Waals surface area contributed by atoms with Gasteiger partial charge in [-0.15, -0.1) is 5.10 Å². The number of benzene rings is 1. The van der Waals surface area contributed by atoms with Crippen LogP contribution in [0.5, 0.6) is 0 Å². The molecule has 78 valence electrons. The van der Waals surface area contributed by atoms with Gasteiger partial charge in [-0.05, 0) is 40.8 Å². The number of nitrogens with zero attached hydrogens (tertiary/aromatic N) is 3. The first-order valence-corrected chi connectivity index (χ1v) is 5.69. The van der Waals surface area contributed by atoms with Crippen LogP contribution in [0.1, 0.15) is 0 Å². The fourth-order valence-electron chi connectivity index (χ4n) is 1.13. The molecule has 15 heavy (non-hydrogen) atoms. The summed E-state index contributed by atoms with van der Waals surface area (Å²) in [5.41, 5.74) is 0.973. The summed E-state index contributed by atoms with van der Waals surface area (Å²) in [5.74, 6) is 0.720. The molecule has 4 nitrogen and oxygen atoms in total. The molecule has 0 aliphatic rings. The number of anilines is 2. The Kier molecular flexibility index (Phi) is 3.11. The van der Waals surface area contributed by atoms with Gasteiger partial charge in [0.25, 0.3) is 0 Å². The summed E-state index contributed by atoms with van der Waals surface area (Å²) in [6, 6.07) is 5.64. The lowest BCUT2D eigenvalue weighted by atomic mass is 10.3. The number of hydrogen-bond acceptors (Lipinski definition) is 3. The SMILES string of the molecule is Cn1ncc(Nc2ccc(Cl)cc2I)n1. The van der Waals surface area contributed by atoms with Gasteiger partial charge in [0, 0.05) is 15.6 Å². The average Bonchev–Trinajstić information content (AvgIpc) is 2.56. The topological polar surface area (TPSA) is 42.7 Å². The largest absolute Gasteiger partial charge is 0.337 e. The van der Waals surface area contributed by atoms with E-state index in [0.717, 1.165) is 20.1 Å². The van der Waals surface area contributed by atoms with Crippen LogP contribution in [-0.4, -0.2) is 15.0 Å². The summed E-state index contributed by atoms with van der Waals surface area (Å²) in [4.78, 5) is 1.51. The minimum atomic E-state index is 0.720. The van der Waals surface area contributed by atoms with Crippen molar-refractivity contribution in [2.45, 2.75) is 0 Å². The van der Waals surface area contributed by atoms with E-state index in [1.54, 1.807) is 13.2 Å². The number of aryl methyl sites for hydroxylation is 1. The molecule has 1 N–H and O–H groups in total. The molecule has 0 saturated carbocycles. The Morgan fingerprint density at radius 1 is 1.47 bits per heavy atom. The van der Waals surface area contributed by atoms with Crippen LogP contribution in [0, 0.1) is 3.57 Å². The Morgan fingerprint density at radius 3 is 2.87 bits per heavy atom. The molecule has 0 amide bonds. The van der Waals surface area contributed by atoms with Crippen LogP contribution < -0.4 is 5.32 Å². The summed E-state index contributed by atoms with van der Waals surface area (Å²) >= 11 is 8.08. The smallest absolute Gasteiger partial charge is 0.172 e. The Morgan fingerprint density at radius 2 is 2.27 bits per heavy atom. The summed E-state index contributed by atoms with van der Waals surface area (Å²) in [6.45, 7) is 0. The first-order valence-electron chi connectivity index (χ1n) is 4.23. The van der Waals surface area contributed by atoms with E-state index >= 15 is 0 Å². The zero-order chi connectivity index (χ0) is 10.8. The average molecular weight is 335 g/mol. The second-order valence-corrected chi connectivity index (χ2v) is 4.57. The number of rotatable bonds is 2. The summed E-state index contributed by atoms with van der Waals surface area (Å²) in [5, 5.41) is 12.0. The third-order valence-electron chi connectivity index (χ3n) is 1.79. The van der Waals surface area contributed by atoms with Gasteiger partial charge in [-0.2, -0.15) is 9.90 Å². The molecule has 1 heterocycles. The molecule has 0 saturated heterocycles. The van der Waals surface area contributed by atoms with E-state index < -0.39 is 0 Å². The highest BCUT2D eigenvalue weighted by atomic mass is 127.